The van der Waals surface area contributed by atoms with Crippen LogP contribution in [0.2, 0.25) is 0 Å². The Morgan fingerprint density at radius 3 is 3.29 bits per heavy atom. The topological polar surface area (TPSA) is 65.2 Å². The van der Waals surface area contributed by atoms with Crippen molar-refractivity contribution in [3.05, 3.63) is 24.2 Å². The lowest BCUT2D eigenvalue weighted by molar-refractivity contribution is 0.0517. The van der Waals surface area contributed by atoms with Gasteiger partial charge in [-0.05, 0) is 13.0 Å². The van der Waals surface area contributed by atoms with Crippen molar-refractivity contribution in [3.63, 3.8) is 0 Å². The van der Waals surface area contributed by atoms with Crippen LogP contribution in [0, 0.1) is 0 Å². The number of fused-ring (bicyclic) bond motifs is 1. The molecule has 0 aliphatic heterocycles. The highest BCUT2D eigenvalue weighted by molar-refractivity contribution is 6.00. The van der Waals surface area contributed by atoms with E-state index in [1.54, 1.807) is 19.2 Å². The van der Waals surface area contributed by atoms with Crippen LogP contribution in [0.4, 0.5) is 0 Å². The molecule has 2 rings (SSSR count). The molecule has 5 nitrogen and oxygen atoms in total. The van der Waals surface area contributed by atoms with Crippen molar-refractivity contribution in [2.24, 2.45) is 0 Å². The monoisotopic (exact) mass is 192 g/mol. The molecule has 2 aromatic heterocycles. The summed E-state index contributed by atoms with van der Waals surface area (Å²) in [5, 5.41) is 4.25. The normalized spacial score (nSPS) is 10.4. The van der Waals surface area contributed by atoms with E-state index >= 15 is 0 Å². The highest BCUT2D eigenvalue weighted by Crippen LogP contribution is 2.17. The first-order chi connectivity index (χ1) is 6.83. The maximum Gasteiger partial charge on any atom is 0.361 e. The van der Waals surface area contributed by atoms with Crippen molar-refractivity contribution < 1.29 is 14.1 Å². The summed E-state index contributed by atoms with van der Waals surface area (Å²) in [6, 6.07) is 1.66. The summed E-state index contributed by atoms with van der Waals surface area (Å²) in [4.78, 5) is 15.2. The fourth-order valence-corrected chi connectivity index (χ4v) is 1.14. The Morgan fingerprint density at radius 1 is 1.64 bits per heavy atom. The molecule has 5 heteroatoms. The van der Waals surface area contributed by atoms with Crippen molar-refractivity contribution in [2.75, 3.05) is 6.61 Å². The van der Waals surface area contributed by atoms with Gasteiger partial charge in [0.1, 0.15) is 0 Å². The fourth-order valence-electron chi connectivity index (χ4n) is 1.14. The summed E-state index contributed by atoms with van der Waals surface area (Å²) in [7, 11) is 0. The van der Waals surface area contributed by atoms with Gasteiger partial charge >= 0.3 is 5.97 Å². The lowest BCUT2D eigenvalue weighted by atomic mass is 10.2. The molecule has 0 aromatic carbocycles. The third kappa shape index (κ3) is 1.32. The number of aromatic nitrogens is 2. The predicted molar refractivity (Wildman–Crippen MR) is 47.8 cm³/mol. The van der Waals surface area contributed by atoms with Crippen LogP contribution in [0.25, 0.3) is 11.0 Å². The SMILES string of the molecule is CCOC(=O)c1noc2cnccc12. The molecule has 14 heavy (non-hydrogen) atoms. The zero-order valence-electron chi connectivity index (χ0n) is 7.56. The van der Waals surface area contributed by atoms with Crippen LogP contribution in [0.5, 0.6) is 0 Å². The Kier molecular flexibility index (Phi) is 2.14. The van der Waals surface area contributed by atoms with Gasteiger partial charge in [0.25, 0.3) is 0 Å². The highest BCUT2D eigenvalue weighted by atomic mass is 16.5. The third-order valence-electron chi connectivity index (χ3n) is 1.74. The second kappa shape index (κ2) is 3.45. The Bertz CT molecular complexity index is 464. The van der Waals surface area contributed by atoms with Gasteiger partial charge in [0.2, 0.25) is 0 Å². The Hall–Kier alpha value is -1.91. The van der Waals surface area contributed by atoms with Crippen LogP contribution in [0.1, 0.15) is 17.4 Å². The van der Waals surface area contributed by atoms with Crippen LogP contribution < -0.4 is 0 Å². The van der Waals surface area contributed by atoms with Gasteiger partial charge in [-0.1, -0.05) is 5.16 Å². The fraction of sp³-hybridized carbons (Fsp3) is 0.222. The van der Waals surface area contributed by atoms with E-state index in [1.807, 2.05) is 0 Å². The van der Waals surface area contributed by atoms with Gasteiger partial charge in [0.15, 0.2) is 11.3 Å². The van der Waals surface area contributed by atoms with Crippen molar-refractivity contribution in [1.82, 2.24) is 10.1 Å². The smallest absolute Gasteiger partial charge is 0.361 e. The van der Waals surface area contributed by atoms with E-state index in [2.05, 4.69) is 10.1 Å². The van der Waals surface area contributed by atoms with Gasteiger partial charge in [-0.3, -0.25) is 4.98 Å². The average molecular weight is 192 g/mol. The molecule has 2 heterocycles. The number of esters is 1. The Labute approximate surface area is 79.7 Å². The third-order valence-corrected chi connectivity index (χ3v) is 1.74. The van der Waals surface area contributed by atoms with Crippen molar-refractivity contribution in [3.8, 4) is 0 Å². The summed E-state index contributed by atoms with van der Waals surface area (Å²) < 4.78 is 9.72. The molecule has 0 bridgehead atoms. The Morgan fingerprint density at radius 2 is 2.50 bits per heavy atom. The van der Waals surface area contributed by atoms with E-state index in [1.165, 1.54) is 6.20 Å². The van der Waals surface area contributed by atoms with Crippen LogP contribution >= 0.6 is 0 Å². The van der Waals surface area contributed by atoms with Crippen molar-refractivity contribution in [1.29, 1.82) is 0 Å². The summed E-state index contributed by atoms with van der Waals surface area (Å²) in [5.41, 5.74) is 0.680. The van der Waals surface area contributed by atoms with E-state index in [0.29, 0.717) is 17.6 Å². The van der Waals surface area contributed by atoms with Gasteiger partial charge in [0, 0.05) is 6.20 Å². The number of carbonyl (C=O) groups is 1. The molecule has 0 atom stereocenters. The van der Waals surface area contributed by atoms with Gasteiger partial charge in [-0.2, -0.15) is 0 Å². The van der Waals surface area contributed by atoms with E-state index in [4.69, 9.17) is 9.26 Å². The summed E-state index contributed by atoms with van der Waals surface area (Å²) in [6.45, 7) is 2.06. The summed E-state index contributed by atoms with van der Waals surface area (Å²) in [6.07, 6.45) is 3.08. The number of pyridine rings is 1. The summed E-state index contributed by atoms with van der Waals surface area (Å²) in [5.74, 6) is -0.475. The molecule has 72 valence electrons. The van der Waals surface area contributed by atoms with Crippen LogP contribution in [0.15, 0.2) is 23.0 Å². The average Bonchev–Trinajstić information content (AvgIpc) is 2.61. The van der Waals surface area contributed by atoms with Gasteiger partial charge in [0.05, 0.1) is 18.2 Å². The minimum absolute atomic E-state index is 0.198. The molecular weight excluding hydrogens is 184 g/mol. The van der Waals surface area contributed by atoms with Crippen LogP contribution in [0.3, 0.4) is 0 Å². The second-order valence-corrected chi connectivity index (χ2v) is 2.62. The molecule has 0 aliphatic rings. The summed E-state index contributed by atoms with van der Waals surface area (Å²) >= 11 is 0. The van der Waals surface area contributed by atoms with Crippen molar-refractivity contribution in [2.45, 2.75) is 6.92 Å². The molecule has 0 saturated heterocycles. The molecule has 0 saturated carbocycles. The predicted octanol–water partition coefficient (Wildman–Crippen LogP) is 1.40. The lowest BCUT2D eigenvalue weighted by Crippen LogP contribution is -2.05. The molecular formula is C9H8N2O3. The zero-order valence-corrected chi connectivity index (χ0v) is 7.56. The molecule has 0 aliphatic carbocycles. The zero-order chi connectivity index (χ0) is 9.97. The van der Waals surface area contributed by atoms with Gasteiger partial charge < -0.3 is 9.26 Å². The van der Waals surface area contributed by atoms with E-state index in [-0.39, 0.29) is 5.69 Å². The van der Waals surface area contributed by atoms with Crippen LogP contribution in [-0.2, 0) is 4.74 Å². The minimum Gasteiger partial charge on any atom is -0.461 e. The molecule has 0 radical (unpaired) electrons. The maximum atomic E-state index is 11.4. The van der Waals surface area contributed by atoms with Gasteiger partial charge in [-0.25, -0.2) is 4.79 Å². The number of hydrogen-bond acceptors (Lipinski definition) is 5. The van der Waals surface area contributed by atoms with E-state index < -0.39 is 5.97 Å². The largest absolute Gasteiger partial charge is 0.461 e. The van der Waals surface area contributed by atoms with E-state index in [0.717, 1.165) is 0 Å². The van der Waals surface area contributed by atoms with E-state index in [9.17, 15) is 4.79 Å². The van der Waals surface area contributed by atoms with Crippen LogP contribution in [-0.4, -0.2) is 22.7 Å². The first-order valence-electron chi connectivity index (χ1n) is 4.19. The number of ether oxygens (including phenoxy) is 1. The maximum absolute atomic E-state index is 11.4. The lowest BCUT2D eigenvalue weighted by Gasteiger charge is -1.95. The molecule has 0 amide bonds. The molecule has 0 spiro atoms. The quantitative estimate of drug-likeness (QED) is 0.673. The van der Waals surface area contributed by atoms with Gasteiger partial charge in [-0.15, -0.1) is 0 Å². The first kappa shape index (κ1) is 8.68. The highest BCUT2D eigenvalue weighted by Gasteiger charge is 2.16. The molecule has 0 N–H and O–H groups in total. The number of carbonyl (C=O) groups excluding carboxylic acids is 1. The standard InChI is InChI=1S/C9H8N2O3/c1-2-13-9(12)8-6-3-4-10-5-7(6)14-11-8/h3-5H,2H2,1H3. The molecule has 0 fully saturated rings. The number of nitrogens with zero attached hydrogens (tertiary/aromatic N) is 2. The second-order valence-electron chi connectivity index (χ2n) is 2.62. The number of rotatable bonds is 2. The number of hydrogen-bond donors (Lipinski definition) is 0. The molecule has 2 aromatic rings. The van der Waals surface area contributed by atoms with Crippen molar-refractivity contribution >= 4 is 16.9 Å². The minimum atomic E-state index is -0.475. The molecule has 0 unspecified atom stereocenters. The first-order valence-corrected chi connectivity index (χ1v) is 4.19. The Balaban J connectivity index is 2.47.